The number of benzene rings is 1. The molecule has 2 rings (SSSR count). The van der Waals surface area contributed by atoms with Crippen LogP contribution >= 0.6 is 12.4 Å². The van der Waals surface area contributed by atoms with Crippen LogP contribution in [0.4, 0.5) is 5.69 Å². The van der Waals surface area contributed by atoms with Crippen LogP contribution in [0, 0.1) is 0 Å². The van der Waals surface area contributed by atoms with E-state index in [0.29, 0.717) is 16.8 Å². The van der Waals surface area contributed by atoms with Crippen LogP contribution in [-0.4, -0.2) is 24.0 Å². The zero-order valence-corrected chi connectivity index (χ0v) is 11.5. The number of aromatic nitrogens is 1. The number of nitrogens with one attached hydrogen (secondary N) is 1. The normalized spacial score (nSPS) is 9.25. The molecule has 6 heteroatoms. The molecule has 0 saturated heterocycles. The van der Waals surface area contributed by atoms with Crippen LogP contribution in [0.3, 0.4) is 0 Å². The maximum absolute atomic E-state index is 11.9. The molecule has 0 fully saturated rings. The first kappa shape index (κ1) is 15.7. The average Bonchev–Trinajstić information content (AvgIpc) is 2.48. The summed E-state index contributed by atoms with van der Waals surface area (Å²) in [6.07, 6.45) is 3.10. The molecular weight excluding hydrogens is 280 g/mol. The third kappa shape index (κ3) is 3.80. The SMILES string of the molecule is COC(=O)c1ccc(NC(=O)c2ccncc2)cc1.Cl. The summed E-state index contributed by atoms with van der Waals surface area (Å²) < 4.78 is 4.59. The highest BCUT2D eigenvalue weighted by molar-refractivity contribution is 6.04. The number of halogens is 1. The van der Waals surface area contributed by atoms with Crippen LogP contribution in [0.25, 0.3) is 0 Å². The molecule has 0 aliphatic carbocycles. The van der Waals surface area contributed by atoms with Crippen LogP contribution in [0.5, 0.6) is 0 Å². The summed E-state index contributed by atoms with van der Waals surface area (Å²) >= 11 is 0. The fraction of sp³-hybridized carbons (Fsp3) is 0.0714. The molecule has 2 aromatic rings. The number of amides is 1. The molecule has 104 valence electrons. The van der Waals surface area contributed by atoms with Crippen molar-refractivity contribution in [2.75, 3.05) is 12.4 Å². The van der Waals surface area contributed by atoms with Gasteiger partial charge in [-0.2, -0.15) is 0 Å². The van der Waals surface area contributed by atoms with E-state index >= 15 is 0 Å². The molecule has 0 radical (unpaired) electrons. The number of carbonyl (C=O) groups excluding carboxylic acids is 2. The summed E-state index contributed by atoms with van der Waals surface area (Å²) in [7, 11) is 1.32. The van der Waals surface area contributed by atoms with Crippen molar-refractivity contribution in [3.05, 3.63) is 59.9 Å². The molecule has 0 spiro atoms. The predicted molar refractivity (Wildman–Crippen MR) is 77.2 cm³/mol. The lowest BCUT2D eigenvalue weighted by Gasteiger charge is -2.05. The maximum Gasteiger partial charge on any atom is 0.337 e. The Balaban J connectivity index is 0.00000200. The van der Waals surface area contributed by atoms with E-state index in [4.69, 9.17) is 0 Å². The third-order valence-corrected chi connectivity index (χ3v) is 2.51. The molecule has 1 heterocycles. The molecule has 0 unspecified atom stereocenters. The highest BCUT2D eigenvalue weighted by Gasteiger charge is 2.07. The first-order valence-corrected chi connectivity index (χ1v) is 5.60. The number of carbonyl (C=O) groups is 2. The minimum Gasteiger partial charge on any atom is -0.465 e. The number of hydrogen-bond donors (Lipinski definition) is 1. The van der Waals surface area contributed by atoms with Crippen molar-refractivity contribution in [1.82, 2.24) is 4.98 Å². The molecule has 5 nitrogen and oxygen atoms in total. The van der Waals surface area contributed by atoms with Crippen LogP contribution in [0.1, 0.15) is 20.7 Å². The topological polar surface area (TPSA) is 68.3 Å². The summed E-state index contributed by atoms with van der Waals surface area (Å²) in [6.45, 7) is 0. The molecule has 0 saturated carbocycles. The monoisotopic (exact) mass is 292 g/mol. The van der Waals surface area contributed by atoms with E-state index in [1.807, 2.05) is 0 Å². The lowest BCUT2D eigenvalue weighted by atomic mass is 10.2. The quantitative estimate of drug-likeness (QED) is 0.883. The maximum atomic E-state index is 11.9. The van der Waals surface area contributed by atoms with Gasteiger partial charge in [0.05, 0.1) is 12.7 Å². The van der Waals surface area contributed by atoms with Crippen LogP contribution < -0.4 is 5.32 Å². The third-order valence-electron chi connectivity index (χ3n) is 2.51. The van der Waals surface area contributed by atoms with E-state index in [-0.39, 0.29) is 18.3 Å². The Bertz CT molecular complexity index is 585. The van der Waals surface area contributed by atoms with Crippen molar-refractivity contribution in [3.8, 4) is 0 Å². The van der Waals surface area contributed by atoms with Crippen molar-refractivity contribution < 1.29 is 14.3 Å². The Morgan fingerprint density at radius 2 is 1.60 bits per heavy atom. The largest absolute Gasteiger partial charge is 0.465 e. The van der Waals surface area contributed by atoms with Gasteiger partial charge >= 0.3 is 5.97 Å². The lowest BCUT2D eigenvalue weighted by Crippen LogP contribution is -2.12. The molecular formula is C14H13ClN2O3. The van der Waals surface area contributed by atoms with Crippen molar-refractivity contribution in [2.24, 2.45) is 0 Å². The van der Waals surface area contributed by atoms with E-state index in [1.54, 1.807) is 48.8 Å². The number of ether oxygens (including phenoxy) is 1. The van der Waals surface area contributed by atoms with Crippen molar-refractivity contribution >= 4 is 30.0 Å². The standard InChI is InChI=1S/C14H12N2O3.ClH/c1-19-14(18)11-2-4-12(5-3-11)16-13(17)10-6-8-15-9-7-10;/h2-9H,1H3,(H,16,17);1H. The van der Waals surface area contributed by atoms with E-state index in [1.165, 1.54) is 7.11 Å². The van der Waals surface area contributed by atoms with Gasteiger partial charge in [0.15, 0.2) is 0 Å². The van der Waals surface area contributed by atoms with Crippen LogP contribution in [0.15, 0.2) is 48.8 Å². The number of anilines is 1. The molecule has 0 aliphatic rings. The smallest absolute Gasteiger partial charge is 0.337 e. The highest BCUT2D eigenvalue weighted by atomic mass is 35.5. The highest BCUT2D eigenvalue weighted by Crippen LogP contribution is 2.11. The molecule has 20 heavy (non-hydrogen) atoms. The second kappa shape index (κ2) is 7.25. The van der Waals surface area contributed by atoms with Gasteiger partial charge in [0.1, 0.15) is 0 Å². The summed E-state index contributed by atoms with van der Waals surface area (Å²) in [6, 6.07) is 9.72. The van der Waals surface area contributed by atoms with Crippen molar-refractivity contribution in [3.63, 3.8) is 0 Å². The number of nitrogens with zero attached hydrogens (tertiary/aromatic N) is 1. The molecule has 1 amide bonds. The van der Waals surface area contributed by atoms with Crippen molar-refractivity contribution in [2.45, 2.75) is 0 Å². The molecule has 1 aromatic heterocycles. The second-order valence-electron chi connectivity index (χ2n) is 3.76. The van der Waals surface area contributed by atoms with Gasteiger partial charge in [0.2, 0.25) is 0 Å². The molecule has 0 aliphatic heterocycles. The minimum atomic E-state index is -0.410. The Morgan fingerprint density at radius 1 is 1.00 bits per heavy atom. The molecule has 1 N–H and O–H groups in total. The second-order valence-corrected chi connectivity index (χ2v) is 3.76. The number of pyridine rings is 1. The van der Waals surface area contributed by atoms with Gasteiger partial charge in [-0.05, 0) is 36.4 Å². The van der Waals surface area contributed by atoms with Gasteiger partial charge in [-0.3, -0.25) is 9.78 Å². The van der Waals surface area contributed by atoms with Gasteiger partial charge < -0.3 is 10.1 Å². The predicted octanol–water partition coefficient (Wildman–Crippen LogP) is 2.54. The summed E-state index contributed by atoms with van der Waals surface area (Å²) in [5, 5.41) is 2.72. The number of esters is 1. The summed E-state index contributed by atoms with van der Waals surface area (Å²) in [4.78, 5) is 27.0. The molecule has 0 atom stereocenters. The molecule has 1 aromatic carbocycles. The fourth-order valence-electron chi connectivity index (χ4n) is 1.51. The van der Waals surface area contributed by atoms with Crippen LogP contribution in [0.2, 0.25) is 0 Å². The average molecular weight is 293 g/mol. The van der Waals surface area contributed by atoms with E-state index in [9.17, 15) is 9.59 Å². The summed E-state index contributed by atoms with van der Waals surface area (Å²) in [5.41, 5.74) is 1.56. The zero-order valence-electron chi connectivity index (χ0n) is 10.7. The van der Waals surface area contributed by atoms with E-state index < -0.39 is 5.97 Å². The van der Waals surface area contributed by atoms with E-state index in [2.05, 4.69) is 15.0 Å². The fourth-order valence-corrected chi connectivity index (χ4v) is 1.51. The Morgan fingerprint density at radius 3 is 2.15 bits per heavy atom. The van der Waals surface area contributed by atoms with Gasteiger partial charge in [-0.1, -0.05) is 0 Å². The van der Waals surface area contributed by atoms with Gasteiger partial charge in [0, 0.05) is 23.6 Å². The first-order chi connectivity index (χ1) is 9.20. The van der Waals surface area contributed by atoms with E-state index in [0.717, 1.165) is 0 Å². The lowest BCUT2D eigenvalue weighted by molar-refractivity contribution is 0.0600. The van der Waals surface area contributed by atoms with Gasteiger partial charge in [-0.25, -0.2) is 4.79 Å². The molecule has 0 bridgehead atoms. The van der Waals surface area contributed by atoms with Gasteiger partial charge in [-0.15, -0.1) is 12.4 Å². The zero-order chi connectivity index (χ0) is 13.7. The number of methoxy groups -OCH3 is 1. The Kier molecular flexibility index (Phi) is 5.68. The Labute approximate surface area is 122 Å². The first-order valence-electron chi connectivity index (χ1n) is 5.60. The minimum absolute atomic E-state index is 0. The Hall–Kier alpha value is -2.40. The number of rotatable bonds is 3. The van der Waals surface area contributed by atoms with Crippen molar-refractivity contribution in [1.29, 1.82) is 0 Å². The van der Waals surface area contributed by atoms with Gasteiger partial charge in [0.25, 0.3) is 5.91 Å². The number of hydrogen-bond acceptors (Lipinski definition) is 4. The van der Waals surface area contributed by atoms with Crippen LogP contribution in [-0.2, 0) is 4.74 Å². The summed E-state index contributed by atoms with van der Waals surface area (Å²) in [5.74, 6) is -0.639.